The molecule has 14 heavy (non-hydrogen) atoms. The van der Waals surface area contributed by atoms with Crippen LogP contribution in [0.25, 0.3) is 11.0 Å². The molecule has 0 bridgehead atoms. The van der Waals surface area contributed by atoms with Crippen LogP contribution in [0.3, 0.4) is 0 Å². The third-order valence-electron chi connectivity index (χ3n) is 2.21. The molecule has 0 unspecified atom stereocenters. The lowest BCUT2D eigenvalue weighted by Gasteiger charge is -1.96. The van der Waals surface area contributed by atoms with Gasteiger partial charge < -0.3 is 10.2 Å². The zero-order chi connectivity index (χ0) is 10.1. The number of aliphatic hydroxyl groups excluding tert-OH is 2. The molecule has 2 aromatic rings. The number of fused-ring (bicyclic) bond motifs is 1. The second kappa shape index (κ2) is 3.53. The molecule has 1 aromatic heterocycles. The molecule has 0 saturated heterocycles. The normalized spacial score (nSPS) is 11.0. The van der Waals surface area contributed by atoms with E-state index >= 15 is 0 Å². The van der Waals surface area contributed by atoms with Crippen molar-refractivity contribution < 1.29 is 10.2 Å². The van der Waals surface area contributed by atoms with E-state index in [-0.39, 0.29) is 13.5 Å². The topological polar surface area (TPSA) is 50.3 Å². The first-order valence-corrected chi connectivity index (χ1v) is 4.60. The molecule has 0 aliphatic rings. The molecule has 2 N–H and O–H groups in total. The van der Waals surface area contributed by atoms with Gasteiger partial charge in [-0.2, -0.15) is 0 Å². The molecule has 0 atom stereocenters. The highest BCUT2D eigenvalue weighted by atomic mass is 32.1. The van der Waals surface area contributed by atoms with Crippen LogP contribution in [0.4, 0.5) is 0 Å². The molecule has 74 valence electrons. The van der Waals surface area contributed by atoms with E-state index in [0.717, 1.165) is 11.0 Å². The summed E-state index contributed by atoms with van der Waals surface area (Å²) in [6.07, 6.45) is 0. The highest BCUT2D eigenvalue weighted by molar-refractivity contribution is 7.71. The van der Waals surface area contributed by atoms with E-state index in [2.05, 4.69) is 0 Å². The molecule has 0 aliphatic heterocycles. The number of imidazole rings is 1. The summed E-state index contributed by atoms with van der Waals surface area (Å²) in [7, 11) is 0. The van der Waals surface area contributed by atoms with Crippen molar-refractivity contribution in [2.45, 2.75) is 13.5 Å². The average molecular weight is 210 g/mol. The SMILES string of the molecule is OCn1c(=S)n(CO)c2ccccc21. The first kappa shape index (κ1) is 9.39. The van der Waals surface area contributed by atoms with Crippen LogP contribution in [0.5, 0.6) is 0 Å². The number of nitrogens with zero attached hydrogens (tertiary/aromatic N) is 2. The standard InChI is InChI=1S/C9H10N2O2S/c12-5-10-7-3-1-2-4-8(7)11(6-13)9(10)14/h1-4,12-13H,5-6H2. The second-order valence-corrected chi connectivity index (χ2v) is 3.28. The predicted octanol–water partition coefficient (Wildman–Crippen LogP) is 1.07. The molecule has 2 rings (SSSR count). The lowest BCUT2D eigenvalue weighted by atomic mass is 10.3. The fraction of sp³-hybridized carbons (Fsp3) is 0.222. The smallest absolute Gasteiger partial charge is 0.184 e. The van der Waals surface area contributed by atoms with Crippen LogP contribution in [0.1, 0.15) is 0 Å². The lowest BCUT2D eigenvalue weighted by Crippen LogP contribution is -2.00. The van der Waals surface area contributed by atoms with Crippen molar-refractivity contribution in [2.75, 3.05) is 0 Å². The fourth-order valence-electron chi connectivity index (χ4n) is 1.55. The van der Waals surface area contributed by atoms with Gasteiger partial charge in [0.2, 0.25) is 0 Å². The van der Waals surface area contributed by atoms with Crippen LogP contribution in [-0.2, 0) is 13.5 Å². The van der Waals surface area contributed by atoms with E-state index in [0.29, 0.717) is 4.77 Å². The van der Waals surface area contributed by atoms with Crippen molar-refractivity contribution >= 4 is 23.3 Å². The van der Waals surface area contributed by atoms with Gasteiger partial charge in [-0.05, 0) is 24.4 Å². The molecule has 0 radical (unpaired) electrons. The summed E-state index contributed by atoms with van der Waals surface area (Å²) in [6, 6.07) is 7.44. The highest BCUT2D eigenvalue weighted by Crippen LogP contribution is 2.16. The van der Waals surface area contributed by atoms with Crippen molar-refractivity contribution in [3.63, 3.8) is 0 Å². The number of hydrogen-bond donors (Lipinski definition) is 2. The molecule has 0 fully saturated rings. The van der Waals surface area contributed by atoms with E-state index in [1.54, 1.807) is 9.13 Å². The van der Waals surface area contributed by atoms with Crippen LogP contribution in [0.2, 0.25) is 0 Å². The molecule has 1 aromatic carbocycles. The Labute approximate surface area is 85.6 Å². The zero-order valence-corrected chi connectivity index (χ0v) is 8.24. The van der Waals surface area contributed by atoms with E-state index in [1.807, 2.05) is 24.3 Å². The average Bonchev–Trinajstić information content (AvgIpc) is 2.49. The van der Waals surface area contributed by atoms with Gasteiger partial charge in [0, 0.05) is 0 Å². The van der Waals surface area contributed by atoms with Gasteiger partial charge in [-0.25, -0.2) is 0 Å². The van der Waals surface area contributed by atoms with Crippen molar-refractivity contribution in [1.82, 2.24) is 9.13 Å². The quantitative estimate of drug-likeness (QED) is 0.729. The molecule has 0 saturated carbocycles. The minimum atomic E-state index is -0.174. The van der Waals surface area contributed by atoms with Gasteiger partial charge in [-0.1, -0.05) is 12.1 Å². The third-order valence-corrected chi connectivity index (χ3v) is 2.65. The number of para-hydroxylation sites is 2. The van der Waals surface area contributed by atoms with Crippen LogP contribution in [-0.4, -0.2) is 19.3 Å². The van der Waals surface area contributed by atoms with Gasteiger partial charge in [0.05, 0.1) is 11.0 Å². The summed E-state index contributed by atoms with van der Waals surface area (Å²) in [4.78, 5) is 0. The Hall–Kier alpha value is -1.17. The van der Waals surface area contributed by atoms with Crippen LogP contribution < -0.4 is 0 Å². The number of rotatable bonds is 2. The Kier molecular flexibility index (Phi) is 2.37. The lowest BCUT2D eigenvalue weighted by molar-refractivity contribution is 0.195. The number of aromatic nitrogens is 2. The summed E-state index contributed by atoms with van der Waals surface area (Å²) >= 11 is 5.10. The summed E-state index contributed by atoms with van der Waals surface area (Å²) in [5.74, 6) is 0. The highest BCUT2D eigenvalue weighted by Gasteiger charge is 2.07. The van der Waals surface area contributed by atoms with Crippen molar-refractivity contribution in [2.24, 2.45) is 0 Å². The Bertz CT molecular complexity index is 471. The van der Waals surface area contributed by atoms with Crippen LogP contribution in [0, 0.1) is 4.77 Å². The van der Waals surface area contributed by atoms with Gasteiger partial charge in [-0.3, -0.25) is 9.13 Å². The molecular formula is C9H10N2O2S. The number of aliphatic hydroxyl groups is 2. The maximum atomic E-state index is 9.13. The first-order valence-electron chi connectivity index (χ1n) is 4.19. The summed E-state index contributed by atoms with van der Waals surface area (Å²) in [5.41, 5.74) is 1.66. The van der Waals surface area contributed by atoms with Gasteiger partial charge in [0.15, 0.2) is 4.77 Å². The predicted molar refractivity (Wildman–Crippen MR) is 55.2 cm³/mol. The fourth-order valence-corrected chi connectivity index (χ4v) is 1.86. The molecule has 4 nitrogen and oxygen atoms in total. The third kappa shape index (κ3) is 1.18. The summed E-state index contributed by atoms with van der Waals surface area (Å²) in [5, 5.41) is 18.3. The maximum absolute atomic E-state index is 9.13. The Balaban J connectivity index is 2.92. The van der Waals surface area contributed by atoms with Gasteiger partial charge >= 0.3 is 0 Å². The minimum Gasteiger partial charge on any atom is -0.376 e. The molecule has 0 spiro atoms. The van der Waals surface area contributed by atoms with Crippen LogP contribution >= 0.6 is 12.2 Å². The molecular weight excluding hydrogens is 200 g/mol. The Morgan fingerprint density at radius 1 is 1.00 bits per heavy atom. The van der Waals surface area contributed by atoms with Crippen LogP contribution in [0.15, 0.2) is 24.3 Å². The van der Waals surface area contributed by atoms with Crippen molar-refractivity contribution in [3.05, 3.63) is 29.0 Å². The number of hydrogen-bond acceptors (Lipinski definition) is 3. The number of benzene rings is 1. The molecule has 5 heteroatoms. The Morgan fingerprint density at radius 3 is 1.79 bits per heavy atom. The summed E-state index contributed by atoms with van der Waals surface area (Å²) in [6.45, 7) is -0.349. The molecule has 0 amide bonds. The van der Waals surface area contributed by atoms with E-state index in [4.69, 9.17) is 22.4 Å². The zero-order valence-electron chi connectivity index (χ0n) is 7.42. The monoisotopic (exact) mass is 210 g/mol. The van der Waals surface area contributed by atoms with Crippen molar-refractivity contribution in [1.29, 1.82) is 0 Å². The second-order valence-electron chi connectivity index (χ2n) is 2.91. The Morgan fingerprint density at radius 2 is 1.43 bits per heavy atom. The van der Waals surface area contributed by atoms with Crippen molar-refractivity contribution in [3.8, 4) is 0 Å². The van der Waals surface area contributed by atoms with E-state index in [9.17, 15) is 0 Å². The minimum absolute atomic E-state index is 0.174. The summed E-state index contributed by atoms with van der Waals surface area (Å²) < 4.78 is 3.57. The van der Waals surface area contributed by atoms with Gasteiger partial charge in [0.25, 0.3) is 0 Å². The maximum Gasteiger partial charge on any atom is 0.184 e. The van der Waals surface area contributed by atoms with Gasteiger partial charge in [0.1, 0.15) is 13.5 Å². The first-order chi connectivity index (χ1) is 6.79. The van der Waals surface area contributed by atoms with Gasteiger partial charge in [-0.15, -0.1) is 0 Å². The van der Waals surface area contributed by atoms with E-state index in [1.165, 1.54) is 0 Å². The molecule has 1 heterocycles. The van der Waals surface area contributed by atoms with E-state index < -0.39 is 0 Å². The molecule has 0 aliphatic carbocycles. The largest absolute Gasteiger partial charge is 0.376 e.